The molecule has 1 aromatic carbocycles. The molecule has 0 aliphatic heterocycles. The van der Waals surface area contributed by atoms with Gasteiger partial charge in [0.05, 0.1) is 0 Å². The summed E-state index contributed by atoms with van der Waals surface area (Å²) in [5.41, 5.74) is 7.12. The largest absolute Gasteiger partial charge is 0.349 e. The highest BCUT2D eigenvalue weighted by Gasteiger charge is 2.28. The Morgan fingerprint density at radius 1 is 1.17 bits per heavy atom. The number of pyridine rings is 1. The molecule has 0 spiro atoms. The number of halogens is 1. The van der Waals surface area contributed by atoms with E-state index in [1.54, 1.807) is 12.1 Å². The number of amides is 1. The second-order valence-corrected chi connectivity index (χ2v) is 5.99. The Hall–Kier alpha value is -2.11. The van der Waals surface area contributed by atoms with Gasteiger partial charge in [0.25, 0.3) is 11.5 Å². The van der Waals surface area contributed by atoms with E-state index < -0.39 is 0 Å². The zero-order valence-corrected chi connectivity index (χ0v) is 14.1. The number of H-pyrrole nitrogens is 1. The fourth-order valence-corrected chi connectivity index (χ4v) is 3.19. The van der Waals surface area contributed by atoms with E-state index in [1.807, 2.05) is 30.3 Å². The van der Waals surface area contributed by atoms with Crippen LogP contribution in [0.25, 0.3) is 11.3 Å². The minimum atomic E-state index is -0.369. The maximum Gasteiger partial charge on any atom is 0.261 e. The van der Waals surface area contributed by atoms with E-state index in [0.29, 0.717) is 18.2 Å². The molecule has 6 heteroatoms. The molecule has 2 atom stereocenters. The summed E-state index contributed by atoms with van der Waals surface area (Å²) < 4.78 is 0. The molecule has 2 unspecified atom stereocenters. The predicted molar refractivity (Wildman–Crippen MR) is 97.4 cm³/mol. The molecule has 4 N–H and O–H groups in total. The third-order valence-electron chi connectivity index (χ3n) is 4.52. The Morgan fingerprint density at radius 3 is 2.58 bits per heavy atom. The van der Waals surface area contributed by atoms with Gasteiger partial charge in [0, 0.05) is 11.7 Å². The van der Waals surface area contributed by atoms with Crippen LogP contribution in [0.3, 0.4) is 0 Å². The van der Waals surface area contributed by atoms with E-state index in [0.717, 1.165) is 24.8 Å². The quantitative estimate of drug-likeness (QED) is 0.793. The van der Waals surface area contributed by atoms with Crippen LogP contribution in [-0.2, 0) is 0 Å². The van der Waals surface area contributed by atoms with E-state index in [2.05, 4.69) is 10.3 Å². The summed E-state index contributed by atoms with van der Waals surface area (Å²) in [5, 5.41) is 2.96. The Labute approximate surface area is 147 Å². The first-order valence-electron chi connectivity index (χ1n) is 7.98. The van der Waals surface area contributed by atoms with Gasteiger partial charge in [-0.1, -0.05) is 36.8 Å². The number of hydrogen-bond donors (Lipinski definition) is 3. The summed E-state index contributed by atoms with van der Waals surface area (Å²) in [4.78, 5) is 27.4. The molecule has 0 saturated heterocycles. The number of nitrogens with one attached hydrogen (secondary N) is 2. The molecule has 128 valence electrons. The van der Waals surface area contributed by atoms with Crippen LogP contribution < -0.4 is 16.6 Å². The first-order valence-corrected chi connectivity index (χ1v) is 7.98. The van der Waals surface area contributed by atoms with Gasteiger partial charge in [0.15, 0.2) is 0 Å². The van der Waals surface area contributed by atoms with Crippen molar-refractivity contribution in [1.29, 1.82) is 0 Å². The number of benzene rings is 1. The third kappa shape index (κ3) is 3.86. The summed E-state index contributed by atoms with van der Waals surface area (Å²) >= 11 is 0. The van der Waals surface area contributed by atoms with Gasteiger partial charge in [-0.2, -0.15) is 0 Å². The van der Waals surface area contributed by atoms with Crippen molar-refractivity contribution in [3.8, 4) is 11.3 Å². The molecule has 24 heavy (non-hydrogen) atoms. The molecule has 3 rings (SSSR count). The molecular weight excluding hydrogens is 326 g/mol. The maximum atomic E-state index is 12.4. The smallest absolute Gasteiger partial charge is 0.261 e. The zero-order valence-electron chi connectivity index (χ0n) is 13.3. The van der Waals surface area contributed by atoms with Crippen molar-refractivity contribution in [2.45, 2.75) is 25.3 Å². The second kappa shape index (κ2) is 8.13. The molecule has 1 fully saturated rings. The van der Waals surface area contributed by atoms with Crippen molar-refractivity contribution in [3.63, 3.8) is 0 Å². The number of hydrogen-bond acceptors (Lipinski definition) is 3. The van der Waals surface area contributed by atoms with Crippen molar-refractivity contribution in [2.24, 2.45) is 11.7 Å². The minimum Gasteiger partial charge on any atom is -0.349 e. The van der Waals surface area contributed by atoms with Crippen LogP contribution in [0.5, 0.6) is 0 Å². The highest BCUT2D eigenvalue weighted by atomic mass is 35.5. The Kier molecular flexibility index (Phi) is 6.17. The predicted octanol–water partition coefficient (Wildman–Crippen LogP) is 2.32. The number of carbonyl (C=O) groups is 1. The van der Waals surface area contributed by atoms with E-state index in [4.69, 9.17) is 5.73 Å². The molecule has 0 bridgehead atoms. The average molecular weight is 348 g/mol. The average Bonchev–Trinajstić information content (AvgIpc) is 3.02. The van der Waals surface area contributed by atoms with Crippen LogP contribution in [0.2, 0.25) is 0 Å². The van der Waals surface area contributed by atoms with Crippen molar-refractivity contribution in [2.75, 3.05) is 6.54 Å². The molecule has 2 aromatic rings. The molecule has 0 radical (unpaired) electrons. The lowest BCUT2D eigenvalue weighted by molar-refractivity contribution is 0.0927. The standard InChI is InChI=1S/C18H21N3O2.ClH/c19-11-13-7-4-8-15(13)20-17(22)14-9-10-16(21-18(14)23)12-5-2-1-3-6-12;/h1-3,5-6,9-10,13,15H,4,7-8,11,19H2,(H,20,22)(H,21,23);1H. The number of aromatic amines is 1. The lowest BCUT2D eigenvalue weighted by atomic mass is 10.0. The summed E-state index contributed by atoms with van der Waals surface area (Å²) in [5.74, 6) is -0.0159. The Balaban J connectivity index is 0.00000208. The van der Waals surface area contributed by atoms with Gasteiger partial charge in [-0.05, 0) is 43.0 Å². The SMILES string of the molecule is Cl.NCC1CCCC1NC(=O)c1ccc(-c2ccccc2)[nH]c1=O. The monoisotopic (exact) mass is 347 g/mol. The normalized spacial score (nSPS) is 19.5. The molecule has 1 saturated carbocycles. The van der Waals surface area contributed by atoms with E-state index in [-0.39, 0.29) is 35.5 Å². The maximum absolute atomic E-state index is 12.4. The molecule has 5 nitrogen and oxygen atoms in total. The lowest BCUT2D eigenvalue weighted by Crippen LogP contribution is -2.41. The first kappa shape index (κ1) is 18.2. The van der Waals surface area contributed by atoms with Gasteiger partial charge in [-0.25, -0.2) is 0 Å². The van der Waals surface area contributed by atoms with Crippen LogP contribution in [0.1, 0.15) is 29.6 Å². The second-order valence-electron chi connectivity index (χ2n) is 5.99. The molecule has 1 aliphatic carbocycles. The number of carbonyl (C=O) groups excluding carboxylic acids is 1. The van der Waals surface area contributed by atoms with Crippen LogP contribution in [0.4, 0.5) is 0 Å². The zero-order chi connectivity index (χ0) is 16.2. The van der Waals surface area contributed by atoms with Gasteiger partial charge in [-0.3, -0.25) is 9.59 Å². The van der Waals surface area contributed by atoms with Crippen LogP contribution in [0.15, 0.2) is 47.3 Å². The molecule has 1 amide bonds. The lowest BCUT2D eigenvalue weighted by Gasteiger charge is -2.19. The summed E-state index contributed by atoms with van der Waals surface area (Å²) in [6.07, 6.45) is 3.02. The van der Waals surface area contributed by atoms with Gasteiger partial charge in [-0.15, -0.1) is 12.4 Å². The van der Waals surface area contributed by atoms with Crippen molar-refractivity contribution < 1.29 is 4.79 Å². The van der Waals surface area contributed by atoms with Crippen molar-refractivity contribution in [3.05, 3.63) is 58.4 Å². The van der Waals surface area contributed by atoms with Crippen molar-refractivity contribution >= 4 is 18.3 Å². The van der Waals surface area contributed by atoms with E-state index >= 15 is 0 Å². The van der Waals surface area contributed by atoms with Gasteiger partial charge in [0.2, 0.25) is 0 Å². The van der Waals surface area contributed by atoms with Gasteiger partial charge < -0.3 is 16.0 Å². The Morgan fingerprint density at radius 2 is 1.92 bits per heavy atom. The van der Waals surface area contributed by atoms with Crippen molar-refractivity contribution in [1.82, 2.24) is 10.3 Å². The molecular formula is C18H22ClN3O2. The number of nitrogens with two attached hydrogens (primary N) is 1. The topological polar surface area (TPSA) is 88.0 Å². The van der Waals surface area contributed by atoms with Crippen LogP contribution >= 0.6 is 12.4 Å². The minimum absolute atomic E-state index is 0. The fraction of sp³-hybridized carbons (Fsp3) is 0.333. The molecule has 1 aromatic heterocycles. The highest BCUT2D eigenvalue weighted by Crippen LogP contribution is 2.24. The van der Waals surface area contributed by atoms with Gasteiger partial charge in [0.1, 0.15) is 5.56 Å². The van der Waals surface area contributed by atoms with Gasteiger partial charge >= 0.3 is 0 Å². The summed E-state index contributed by atoms with van der Waals surface area (Å²) in [6.45, 7) is 0.564. The number of rotatable bonds is 4. The van der Waals surface area contributed by atoms with E-state index in [1.165, 1.54) is 0 Å². The first-order chi connectivity index (χ1) is 11.2. The molecule has 1 heterocycles. The van der Waals surface area contributed by atoms with E-state index in [9.17, 15) is 9.59 Å². The summed E-state index contributed by atoms with van der Waals surface area (Å²) in [7, 11) is 0. The Bertz CT molecular complexity index is 745. The number of aromatic nitrogens is 1. The van der Waals surface area contributed by atoms with Crippen LogP contribution in [0, 0.1) is 5.92 Å². The molecule has 1 aliphatic rings. The third-order valence-corrected chi connectivity index (χ3v) is 4.52. The summed E-state index contributed by atoms with van der Waals surface area (Å²) in [6, 6.07) is 13.0. The van der Waals surface area contributed by atoms with Crippen LogP contribution in [-0.4, -0.2) is 23.5 Å². The fourth-order valence-electron chi connectivity index (χ4n) is 3.19. The highest BCUT2D eigenvalue weighted by molar-refractivity contribution is 5.94.